The average molecular weight is 238 g/mol. The third-order valence-electron chi connectivity index (χ3n) is 3.22. The van der Waals surface area contributed by atoms with E-state index in [-0.39, 0.29) is 13.2 Å². The van der Waals surface area contributed by atoms with E-state index in [0.717, 1.165) is 22.6 Å². The first kappa shape index (κ1) is 13.9. The van der Waals surface area contributed by atoms with Gasteiger partial charge in [-0.1, -0.05) is 0 Å². The summed E-state index contributed by atoms with van der Waals surface area (Å²) in [6, 6.07) is 1.95. The van der Waals surface area contributed by atoms with E-state index >= 15 is 0 Å². The molecule has 1 aromatic rings. The lowest BCUT2D eigenvalue weighted by atomic mass is 10.0. The SMILES string of the molecule is Cc1cc(C)c(CO)c(N(C)C(C)(C)CO)n1. The number of anilines is 1. The summed E-state index contributed by atoms with van der Waals surface area (Å²) in [4.78, 5) is 6.39. The molecule has 4 heteroatoms. The third-order valence-corrected chi connectivity index (χ3v) is 3.22. The average Bonchev–Trinajstić information content (AvgIpc) is 2.27. The van der Waals surface area contributed by atoms with Crippen LogP contribution < -0.4 is 4.90 Å². The Kier molecular flexibility index (Phi) is 4.11. The highest BCUT2D eigenvalue weighted by molar-refractivity contribution is 5.52. The largest absolute Gasteiger partial charge is 0.394 e. The number of nitrogens with zero attached hydrogens (tertiary/aromatic N) is 2. The highest BCUT2D eigenvalue weighted by atomic mass is 16.3. The van der Waals surface area contributed by atoms with Crippen LogP contribution in [0.5, 0.6) is 0 Å². The summed E-state index contributed by atoms with van der Waals surface area (Å²) in [6.07, 6.45) is 0. The molecule has 1 aromatic heterocycles. The molecule has 0 unspecified atom stereocenters. The lowest BCUT2D eigenvalue weighted by Crippen LogP contribution is -2.45. The van der Waals surface area contributed by atoms with Crippen LogP contribution in [-0.4, -0.2) is 34.4 Å². The number of pyridine rings is 1. The molecule has 0 aliphatic heterocycles. The third kappa shape index (κ3) is 2.76. The van der Waals surface area contributed by atoms with Crippen molar-refractivity contribution in [1.82, 2.24) is 4.98 Å². The maximum Gasteiger partial charge on any atom is 0.134 e. The number of rotatable bonds is 4. The molecule has 0 aromatic carbocycles. The second-order valence-electron chi connectivity index (χ2n) is 5.07. The van der Waals surface area contributed by atoms with Crippen LogP contribution in [-0.2, 0) is 6.61 Å². The summed E-state index contributed by atoms with van der Waals surface area (Å²) in [5, 5.41) is 18.8. The minimum Gasteiger partial charge on any atom is -0.394 e. The standard InChI is InChI=1S/C13H22N2O2/c1-9-6-10(2)14-12(11(9)7-16)15(5)13(3,4)8-17/h6,16-17H,7-8H2,1-5H3. The van der Waals surface area contributed by atoms with E-state index in [1.165, 1.54) is 0 Å². The second-order valence-corrected chi connectivity index (χ2v) is 5.07. The molecule has 4 nitrogen and oxygen atoms in total. The van der Waals surface area contributed by atoms with Gasteiger partial charge >= 0.3 is 0 Å². The van der Waals surface area contributed by atoms with Crippen LogP contribution in [0.1, 0.15) is 30.7 Å². The number of hydrogen-bond donors (Lipinski definition) is 2. The minimum absolute atomic E-state index is 0.0308. The van der Waals surface area contributed by atoms with E-state index in [4.69, 9.17) is 0 Å². The van der Waals surface area contributed by atoms with Crippen LogP contribution in [0.15, 0.2) is 6.07 Å². The molecule has 1 heterocycles. The molecular weight excluding hydrogens is 216 g/mol. The van der Waals surface area contributed by atoms with Crippen LogP contribution in [0.2, 0.25) is 0 Å². The van der Waals surface area contributed by atoms with Crippen molar-refractivity contribution in [2.24, 2.45) is 0 Å². The topological polar surface area (TPSA) is 56.6 Å². The monoisotopic (exact) mass is 238 g/mol. The van der Waals surface area contributed by atoms with Gasteiger partial charge in [0.2, 0.25) is 0 Å². The van der Waals surface area contributed by atoms with E-state index in [2.05, 4.69) is 4.98 Å². The Bertz CT molecular complexity index is 403. The Morgan fingerprint density at radius 3 is 2.35 bits per heavy atom. The van der Waals surface area contributed by atoms with E-state index < -0.39 is 5.54 Å². The van der Waals surface area contributed by atoms with Crippen LogP contribution in [0.25, 0.3) is 0 Å². The predicted octanol–water partition coefficient (Wildman–Crippen LogP) is 1.40. The first-order chi connectivity index (χ1) is 7.83. The van der Waals surface area contributed by atoms with Crippen molar-refractivity contribution in [2.45, 2.75) is 39.8 Å². The Morgan fingerprint density at radius 1 is 1.29 bits per heavy atom. The Hall–Kier alpha value is -1.13. The van der Waals surface area contributed by atoms with Gasteiger partial charge in [-0.25, -0.2) is 4.98 Å². The maximum atomic E-state index is 9.45. The maximum absolute atomic E-state index is 9.45. The fourth-order valence-electron chi connectivity index (χ4n) is 1.71. The van der Waals surface area contributed by atoms with Gasteiger partial charge < -0.3 is 15.1 Å². The molecule has 0 bridgehead atoms. The minimum atomic E-state index is -0.406. The molecule has 0 saturated carbocycles. The number of likely N-dealkylation sites (N-methyl/N-ethyl adjacent to an activating group) is 1. The van der Waals surface area contributed by atoms with E-state index in [1.807, 2.05) is 45.7 Å². The van der Waals surface area contributed by atoms with Gasteiger partial charge in [-0.15, -0.1) is 0 Å². The number of aromatic nitrogens is 1. The second kappa shape index (κ2) is 5.02. The van der Waals surface area contributed by atoms with E-state index in [9.17, 15) is 10.2 Å². The molecule has 0 spiro atoms. The van der Waals surface area contributed by atoms with Crippen LogP contribution in [0, 0.1) is 13.8 Å². The Morgan fingerprint density at radius 2 is 1.88 bits per heavy atom. The highest BCUT2D eigenvalue weighted by Gasteiger charge is 2.26. The molecule has 96 valence electrons. The zero-order valence-electron chi connectivity index (χ0n) is 11.3. The molecule has 0 aliphatic carbocycles. The predicted molar refractivity (Wildman–Crippen MR) is 69.2 cm³/mol. The van der Waals surface area contributed by atoms with Crippen molar-refractivity contribution in [3.8, 4) is 0 Å². The molecule has 17 heavy (non-hydrogen) atoms. The zero-order valence-corrected chi connectivity index (χ0v) is 11.3. The van der Waals surface area contributed by atoms with E-state index in [1.54, 1.807) is 0 Å². The molecule has 0 saturated heterocycles. The summed E-state index contributed by atoms with van der Waals surface area (Å²) in [5.74, 6) is 0.740. The van der Waals surface area contributed by atoms with Crippen LogP contribution in [0.4, 0.5) is 5.82 Å². The van der Waals surface area contributed by atoms with Crippen molar-refractivity contribution in [3.05, 3.63) is 22.9 Å². The fourth-order valence-corrected chi connectivity index (χ4v) is 1.71. The summed E-state index contributed by atoms with van der Waals surface area (Å²) < 4.78 is 0. The number of aryl methyl sites for hydroxylation is 2. The Labute approximate surface area is 103 Å². The highest BCUT2D eigenvalue weighted by Crippen LogP contribution is 2.26. The van der Waals surface area contributed by atoms with Crippen molar-refractivity contribution < 1.29 is 10.2 Å². The molecule has 0 fully saturated rings. The van der Waals surface area contributed by atoms with Crippen molar-refractivity contribution in [2.75, 3.05) is 18.6 Å². The summed E-state index contributed by atoms with van der Waals surface area (Å²) in [7, 11) is 1.89. The smallest absolute Gasteiger partial charge is 0.134 e. The molecular formula is C13H22N2O2. The van der Waals surface area contributed by atoms with Gasteiger partial charge in [0.15, 0.2) is 0 Å². The number of hydrogen-bond acceptors (Lipinski definition) is 4. The summed E-state index contributed by atoms with van der Waals surface area (Å²) >= 11 is 0. The number of aliphatic hydroxyl groups excluding tert-OH is 2. The lowest BCUT2D eigenvalue weighted by molar-refractivity contribution is 0.214. The van der Waals surface area contributed by atoms with Gasteiger partial charge in [-0.3, -0.25) is 0 Å². The van der Waals surface area contributed by atoms with E-state index in [0.29, 0.717) is 0 Å². The van der Waals surface area contributed by atoms with Crippen molar-refractivity contribution in [3.63, 3.8) is 0 Å². The first-order valence-corrected chi connectivity index (χ1v) is 5.76. The van der Waals surface area contributed by atoms with Gasteiger partial charge in [0.05, 0.1) is 18.8 Å². The number of aliphatic hydroxyl groups is 2. The molecule has 2 N–H and O–H groups in total. The molecule has 0 aliphatic rings. The summed E-state index contributed by atoms with van der Waals surface area (Å²) in [5.41, 5.74) is 2.35. The first-order valence-electron chi connectivity index (χ1n) is 5.76. The van der Waals surface area contributed by atoms with Gasteiger partial charge in [-0.2, -0.15) is 0 Å². The van der Waals surface area contributed by atoms with Gasteiger partial charge in [0, 0.05) is 18.3 Å². The molecule has 0 atom stereocenters. The molecule has 0 amide bonds. The van der Waals surface area contributed by atoms with Gasteiger partial charge in [0.25, 0.3) is 0 Å². The normalized spacial score (nSPS) is 11.7. The Balaban J connectivity index is 3.30. The van der Waals surface area contributed by atoms with Gasteiger partial charge in [-0.05, 0) is 39.3 Å². The summed E-state index contributed by atoms with van der Waals surface area (Å²) in [6.45, 7) is 7.76. The lowest BCUT2D eigenvalue weighted by Gasteiger charge is -2.36. The molecule has 0 radical (unpaired) electrons. The van der Waals surface area contributed by atoms with Crippen molar-refractivity contribution in [1.29, 1.82) is 0 Å². The quantitative estimate of drug-likeness (QED) is 0.832. The zero-order chi connectivity index (χ0) is 13.2. The van der Waals surface area contributed by atoms with Crippen LogP contribution in [0.3, 0.4) is 0 Å². The van der Waals surface area contributed by atoms with Crippen molar-refractivity contribution >= 4 is 5.82 Å². The fraction of sp³-hybridized carbons (Fsp3) is 0.615. The van der Waals surface area contributed by atoms with Gasteiger partial charge in [0.1, 0.15) is 5.82 Å². The van der Waals surface area contributed by atoms with Crippen LogP contribution >= 0.6 is 0 Å². The molecule has 1 rings (SSSR count).